The third kappa shape index (κ3) is 3.70. The highest BCUT2D eigenvalue weighted by molar-refractivity contribution is 5.47. The highest BCUT2D eigenvalue weighted by atomic mass is 16.3. The summed E-state index contributed by atoms with van der Waals surface area (Å²) in [4.78, 5) is 10.5. The van der Waals surface area contributed by atoms with Gasteiger partial charge < -0.3 is 10.4 Å². The molecule has 2 aromatic rings. The summed E-state index contributed by atoms with van der Waals surface area (Å²) in [6, 6.07) is 10.5. The minimum absolute atomic E-state index is 0.214. The molecule has 0 bridgehead atoms. The van der Waals surface area contributed by atoms with E-state index in [9.17, 15) is 5.11 Å². The Kier molecular flexibility index (Phi) is 5.36. The Labute approximate surface area is 141 Å². The van der Waals surface area contributed by atoms with Crippen molar-refractivity contribution in [2.75, 3.05) is 18.5 Å². The van der Waals surface area contributed by atoms with Crippen molar-refractivity contribution >= 4 is 5.82 Å². The summed E-state index contributed by atoms with van der Waals surface area (Å²) in [7, 11) is 0. The van der Waals surface area contributed by atoms with Gasteiger partial charge in [0.05, 0.1) is 6.61 Å². The van der Waals surface area contributed by atoms with Gasteiger partial charge in [0, 0.05) is 31.5 Å². The summed E-state index contributed by atoms with van der Waals surface area (Å²) >= 11 is 0. The number of nitrogens with one attached hydrogen (secondary N) is 1. The molecule has 6 heteroatoms. The second-order valence-electron chi connectivity index (χ2n) is 5.94. The van der Waals surface area contributed by atoms with Gasteiger partial charge in [-0.2, -0.15) is 5.26 Å². The molecule has 0 amide bonds. The maximum absolute atomic E-state index is 9.49. The van der Waals surface area contributed by atoms with Gasteiger partial charge >= 0.3 is 0 Å². The first-order valence-corrected chi connectivity index (χ1v) is 8.18. The first-order chi connectivity index (χ1) is 11.8. The molecule has 0 saturated carbocycles. The van der Waals surface area contributed by atoms with Crippen LogP contribution < -0.4 is 5.32 Å². The van der Waals surface area contributed by atoms with Gasteiger partial charge in [0.25, 0.3) is 0 Å². The molecule has 1 aliphatic rings. The molecule has 2 N–H and O–H groups in total. The zero-order valence-corrected chi connectivity index (χ0v) is 13.5. The molecule has 6 nitrogen and oxygen atoms in total. The van der Waals surface area contributed by atoms with Crippen LogP contribution in [-0.2, 0) is 13.1 Å². The third-order valence-corrected chi connectivity index (χ3v) is 4.45. The Bertz CT molecular complexity index is 727. The van der Waals surface area contributed by atoms with E-state index in [1.165, 1.54) is 11.8 Å². The number of anilines is 1. The Hall–Kier alpha value is -2.49. The number of likely N-dealkylation sites (tertiary alicyclic amines) is 1. The van der Waals surface area contributed by atoms with E-state index in [0.717, 1.165) is 31.5 Å². The lowest BCUT2D eigenvalue weighted by atomic mass is 10.1. The van der Waals surface area contributed by atoms with Crippen LogP contribution in [0.5, 0.6) is 0 Å². The number of aliphatic hydroxyl groups excluding tert-OH is 1. The first kappa shape index (κ1) is 16.4. The first-order valence-electron chi connectivity index (χ1n) is 8.18. The number of aromatic nitrogens is 2. The summed E-state index contributed by atoms with van der Waals surface area (Å²) in [5.74, 6) is 0.504. The topological polar surface area (TPSA) is 85.1 Å². The summed E-state index contributed by atoms with van der Waals surface area (Å²) in [5.41, 5.74) is 2.69. The van der Waals surface area contributed by atoms with Crippen molar-refractivity contribution in [1.82, 2.24) is 14.9 Å². The van der Waals surface area contributed by atoms with Gasteiger partial charge in [-0.1, -0.05) is 24.3 Å². The number of nitrogens with zero attached hydrogens (tertiary/aromatic N) is 4. The molecule has 1 aromatic heterocycles. The quantitative estimate of drug-likeness (QED) is 0.845. The zero-order chi connectivity index (χ0) is 16.8. The summed E-state index contributed by atoms with van der Waals surface area (Å²) in [5, 5.41) is 21.8. The standard InChI is InChI=1S/C18H21N5O/c19-10-17-18(21-8-7-20-17)22-11-14-4-1-2-5-15(14)12-23-9-3-6-16(23)13-24/h1-2,4-5,7-8,16,24H,3,6,9,11-13H2,(H,21,22)/t16-/m0/s1. The maximum Gasteiger partial charge on any atom is 0.182 e. The fraction of sp³-hybridized carbons (Fsp3) is 0.389. The number of benzene rings is 1. The monoisotopic (exact) mass is 323 g/mol. The normalized spacial score (nSPS) is 17.6. The van der Waals surface area contributed by atoms with Crippen molar-refractivity contribution in [3.8, 4) is 6.07 Å². The Morgan fingerprint density at radius 2 is 2.04 bits per heavy atom. The lowest BCUT2D eigenvalue weighted by Gasteiger charge is -2.24. The van der Waals surface area contributed by atoms with Crippen LogP contribution in [0, 0.1) is 11.3 Å². The van der Waals surface area contributed by atoms with Gasteiger partial charge in [0.1, 0.15) is 6.07 Å². The maximum atomic E-state index is 9.49. The lowest BCUT2D eigenvalue weighted by molar-refractivity contribution is 0.153. The molecule has 3 rings (SSSR count). The minimum atomic E-state index is 0.214. The Balaban J connectivity index is 1.71. The Morgan fingerprint density at radius 1 is 1.25 bits per heavy atom. The van der Waals surface area contributed by atoms with Gasteiger partial charge in [-0.3, -0.25) is 4.90 Å². The molecule has 24 heavy (non-hydrogen) atoms. The lowest BCUT2D eigenvalue weighted by Crippen LogP contribution is -2.32. The average molecular weight is 323 g/mol. The highest BCUT2D eigenvalue weighted by Crippen LogP contribution is 2.22. The van der Waals surface area contributed by atoms with Gasteiger partial charge in [0.2, 0.25) is 0 Å². The predicted molar refractivity (Wildman–Crippen MR) is 91.0 cm³/mol. The number of hydrogen-bond acceptors (Lipinski definition) is 6. The molecule has 0 unspecified atom stereocenters. The molecule has 0 aliphatic carbocycles. The van der Waals surface area contributed by atoms with Crippen molar-refractivity contribution in [2.45, 2.75) is 32.0 Å². The molecule has 1 atom stereocenters. The molecule has 1 saturated heterocycles. The molecule has 1 aromatic carbocycles. The second-order valence-corrected chi connectivity index (χ2v) is 5.94. The highest BCUT2D eigenvalue weighted by Gasteiger charge is 2.24. The minimum Gasteiger partial charge on any atom is -0.395 e. The van der Waals surface area contributed by atoms with Crippen LogP contribution >= 0.6 is 0 Å². The van der Waals surface area contributed by atoms with Crippen LogP contribution in [0.25, 0.3) is 0 Å². The molecule has 0 radical (unpaired) electrons. The fourth-order valence-electron chi connectivity index (χ4n) is 3.14. The van der Waals surface area contributed by atoms with E-state index in [1.54, 1.807) is 6.20 Å². The van der Waals surface area contributed by atoms with E-state index in [0.29, 0.717) is 18.1 Å². The average Bonchev–Trinajstić information content (AvgIpc) is 3.08. The van der Waals surface area contributed by atoms with E-state index in [-0.39, 0.29) is 12.6 Å². The van der Waals surface area contributed by atoms with E-state index in [2.05, 4.69) is 32.3 Å². The number of hydrogen-bond donors (Lipinski definition) is 2. The smallest absolute Gasteiger partial charge is 0.182 e. The van der Waals surface area contributed by atoms with Gasteiger partial charge in [-0.25, -0.2) is 9.97 Å². The van der Waals surface area contributed by atoms with Crippen molar-refractivity contribution in [3.05, 3.63) is 53.5 Å². The second kappa shape index (κ2) is 7.86. The van der Waals surface area contributed by atoms with Gasteiger partial charge in [-0.15, -0.1) is 0 Å². The van der Waals surface area contributed by atoms with Crippen LogP contribution in [0.2, 0.25) is 0 Å². The molecule has 124 valence electrons. The number of aliphatic hydroxyl groups is 1. The van der Waals surface area contributed by atoms with Crippen LogP contribution in [0.1, 0.15) is 29.7 Å². The summed E-state index contributed by atoms with van der Waals surface area (Å²) in [6.45, 7) is 2.65. The van der Waals surface area contributed by atoms with Crippen LogP contribution in [0.3, 0.4) is 0 Å². The van der Waals surface area contributed by atoms with Crippen molar-refractivity contribution in [2.24, 2.45) is 0 Å². The van der Waals surface area contributed by atoms with Crippen LogP contribution in [0.15, 0.2) is 36.7 Å². The molecule has 2 heterocycles. The summed E-state index contributed by atoms with van der Waals surface area (Å²) in [6.07, 6.45) is 5.28. The van der Waals surface area contributed by atoms with Crippen LogP contribution in [0.4, 0.5) is 5.82 Å². The van der Waals surface area contributed by atoms with E-state index >= 15 is 0 Å². The van der Waals surface area contributed by atoms with Gasteiger partial charge in [-0.05, 0) is 30.5 Å². The third-order valence-electron chi connectivity index (χ3n) is 4.45. The molecular weight excluding hydrogens is 302 g/mol. The molecule has 0 spiro atoms. The molecule has 1 fully saturated rings. The predicted octanol–water partition coefficient (Wildman–Crippen LogP) is 1.92. The Morgan fingerprint density at radius 3 is 2.83 bits per heavy atom. The largest absolute Gasteiger partial charge is 0.395 e. The SMILES string of the molecule is N#Cc1nccnc1NCc1ccccc1CN1CCC[C@H]1CO. The van der Waals surface area contributed by atoms with Crippen molar-refractivity contribution in [3.63, 3.8) is 0 Å². The van der Waals surface area contributed by atoms with Crippen molar-refractivity contribution < 1.29 is 5.11 Å². The van der Waals surface area contributed by atoms with Crippen LogP contribution in [-0.4, -0.2) is 39.2 Å². The number of nitriles is 1. The number of rotatable bonds is 6. The van der Waals surface area contributed by atoms with E-state index in [4.69, 9.17) is 5.26 Å². The summed E-state index contributed by atoms with van der Waals surface area (Å²) < 4.78 is 0. The fourth-order valence-corrected chi connectivity index (χ4v) is 3.14. The van der Waals surface area contributed by atoms with E-state index < -0.39 is 0 Å². The van der Waals surface area contributed by atoms with Crippen molar-refractivity contribution in [1.29, 1.82) is 5.26 Å². The molecule has 1 aliphatic heterocycles. The van der Waals surface area contributed by atoms with Gasteiger partial charge in [0.15, 0.2) is 11.5 Å². The van der Waals surface area contributed by atoms with E-state index in [1.807, 2.05) is 18.2 Å². The molecular formula is C18H21N5O. The zero-order valence-electron chi connectivity index (χ0n) is 13.5.